The van der Waals surface area contributed by atoms with E-state index in [9.17, 15) is 4.79 Å². The van der Waals surface area contributed by atoms with Crippen molar-refractivity contribution in [2.75, 3.05) is 6.54 Å². The minimum absolute atomic E-state index is 0. The molecule has 4 heteroatoms. The molecule has 1 aliphatic carbocycles. The van der Waals surface area contributed by atoms with Crippen LogP contribution in [-0.2, 0) is 11.2 Å². The van der Waals surface area contributed by atoms with Crippen molar-refractivity contribution in [2.24, 2.45) is 11.7 Å². The number of carbonyl (C=O) groups is 1. The minimum atomic E-state index is 0. The first-order chi connectivity index (χ1) is 8.79. The third kappa shape index (κ3) is 4.84. The molecule has 0 saturated heterocycles. The number of nitrogens with two attached hydrogens (primary N) is 1. The fraction of sp³-hybridized carbons (Fsp3) is 0.533. The largest absolute Gasteiger partial charge is 0.353 e. The number of rotatable bonds is 5. The molecule has 19 heavy (non-hydrogen) atoms. The van der Waals surface area contributed by atoms with Gasteiger partial charge in [-0.15, -0.1) is 12.4 Å². The summed E-state index contributed by atoms with van der Waals surface area (Å²) >= 11 is 0. The van der Waals surface area contributed by atoms with E-state index in [2.05, 4.69) is 29.6 Å². The maximum atomic E-state index is 11.6. The van der Waals surface area contributed by atoms with Crippen molar-refractivity contribution in [3.8, 4) is 0 Å². The number of carbonyl (C=O) groups excluding carboxylic acids is 1. The SMILES string of the molecule is Cl.NCCC(=O)NC1CCCC1Cc1ccccc1. The minimum Gasteiger partial charge on any atom is -0.353 e. The van der Waals surface area contributed by atoms with Crippen LogP contribution in [0.15, 0.2) is 30.3 Å². The zero-order valence-corrected chi connectivity index (χ0v) is 12.0. The lowest BCUT2D eigenvalue weighted by Crippen LogP contribution is -2.38. The molecule has 0 spiro atoms. The van der Waals surface area contributed by atoms with Crippen LogP contribution in [0.2, 0.25) is 0 Å². The molecule has 1 amide bonds. The van der Waals surface area contributed by atoms with Gasteiger partial charge in [0, 0.05) is 19.0 Å². The zero-order valence-electron chi connectivity index (χ0n) is 11.2. The van der Waals surface area contributed by atoms with Gasteiger partial charge < -0.3 is 11.1 Å². The monoisotopic (exact) mass is 282 g/mol. The second-order valence-corrected chi connectivity index (χ2v) is 5.09. The van der Waals surface area contributed by atoms with Gasteiger partial charge in [-0.1, -0.05) is 36.8 Å². The summed E-state index contributed by atoms with van der Waals surface area (Å²) in [7, 11) is 0. The van der Waals surface area contributed by atoms with E-state index in [-0.39, 0.29) is 18.3 Å². The lowest BCUT2D eigenvalue weighted by molar-refractivity contribution is -0.121. The van der Waals surface area contributed by atoms with E-state index in [4.69, 9.17) is 5.73 Å². The van der Waals surface area contributed by atoms with Crippen molar-refractivity contribution in [1.82, 2.24) is 5.32 Å². The van der Waals surface area contributed by atoms with Gasteiger partial charge in [-0.2, -0.15) is 0 Å². The van der Waals surface area contributed by atoms with Gasteiger partial charge in [0.15, 0.2) is 0 Å². The molecule has 2 atom stereocenters. The average molecular weight is 283 g/mol. The Balaban J connectivity index is 0.00000180. The van der Waals surface area contributed by atoms with Gasteiger partial charge in [0.2, 0.25) is 5.91 Å². The molecule has 0 aliphatic heterocycles. The van der Waals surface area contributed by atoms with E-state index in [0.717, 1.165) is 12.8 Å². The van der Waals surface area contributed by atoms with Crippen LogP contribution >= 0.6 is 12.4 Å². The van der Waals surface area contributed by atoms with E-state index in [1.54, 1.807) is 0 Å². The molecular weight excluding hydrogens is 260 g/mol. The summed E-state index contributed by atoms with van der Waals surface area (Å²) < 4.78 is 0. The maximum absolute atomic E-state index is 11.6. The average Bonchev–Trinajstić information content (AvgIpc) is 2.78. The first-order valence-electron chi connectivity index (χ1n) is 6.83. The predicted molar refractivity (Wildman–Crippen MR) is 80.3 cm³/mol. The molecule has 0 heterocycles. The smallest absolute Gasteiger partial charge is 0.221 e. The molecule has 0 bridgehead atoms. The van der Waals surface area contributed by atoms with Crippen molar-refractivity contribution in [3.05, 3.63) is 35.9 Å². The molecule has 2 rings (SSSR count). The van der Waals surface area contributed by atoms with Crippen LogP contribution in [0.1, 0.15) is 31.2 Å². The van der Waals surface area contributed by atoms with Crippen LogP contribution in [0, 0.1) is 5.92 Å². The van der Waals surface area contributed by atoms with Gasteiger partial charge in [0.1, 0.15) is 0 Å². The summed E-state index contributed by atoms with van der Waals surface area (Å²) in [6.07, 6.45) is 5.03. The van der Waals surface area contributed by atoms with Crippen LogP contribution in [0.5, 0.6) is 0 Å². The van der Waals surface area contributed by atoms with E-state index in [1.807, 2.05) is 6.07 Å². The van der Waals surface area contributed by atoms with Gasteiger partial charge in [-0.05, 0) is 30.7 Å². The zero-order chi connectivity index (χ0) is 12.8. The summed E-state index contributed by atoms with van der Waals surface area (Å²) in [6, 6.07) is 10.9. The van der Waals surface area contributed by atoms with Crippen LogP contribution in [-0.4, -0.2) is 18.5 Å². The van der Waals surface area contributed by atoms with Crippen molar-refractivity contribution in [1.29, 1.82) is 0 Å². The Bertz CT molecular complexity index is 383. The second kappa shape index (κ2) is 8.18. The molecule has 1 fully saturated rings. The van der Waals surface area contributed by atoms with Crippen molar-refractivity contribution in [2.45, 2.75) is 38.1 Å². The Kier molecular flexibility index (Phi) is 6.89. The molecule has 3 nitrogen and oxygen atoms in total. The fourth-order valence-corrected chi connectivity index (χ4v) is 2.80. The van der Waals surface area contributed by atoms with E-state index in [0.29, 0.717) is 24.9 Å². The fourth-order valence-electron chi connectivity index (χ4n) is 2.80. The van der Waals surface area contributed by atoms with Crippen LogP contribution in [0.4, 0.5) is 0 Å². The number of halogens is 1. The van der Waals surface area contributed by atoms with Crippen molar-refractivity contribution >= 4 is 18.3 Å². The molecule has 1 aromatic rings. The number of hydrogen-bond acceptors (Lipinski definition) is 2. The standard InChI is InChI=1S/C15H22N2O.ClH/c16-10-9-15(18)17-14-8-4-7-13(14)11-12-5-2-1-3-6-12;/h1-3,5-6,13-14H,4,7-11,16H2,(H,17,18);1H. The number of nitrogens with one attached hydrogen (secondary N) is 1. The Morgan fingerprint density at radius 1 is 1.26 bits per heavy atom. The maximum Gasteiger partial charge on any atom is 0.221 e. The summed E-state index contributed by atoms with van der Waals surface area (Å²) in [6.45, 7) is 0.432. The molecule has 2 unspecified atom stereocenters. The molecule has 1 aliphatic rings. The highest BCUT2D eigenvalue weighted by molar-refractivity contribution is 5.85. The molecule has 3 N–H and O–H groups in total. The van der Waals surface area contributed by atoms with E-state index in [1.165, 1.54) is 18.4 Å². The first kappa shape index (κ1) is 16.0. The first-order valence-corrected chi connectivity index (χ1v) is 6.83. The Hall–Kier alpha value is -1.06. The van der Waals surface area contributed by atoms with E-state index >= 15 is 0 Å². The van der Waals surface area contributed by atoms with Gasteiger partial charge >= 0.3 is 0 Å². The second-order valence-electron chi connectivity index (χ2n) is 5.09. The highest BCUT2D eigenvalue weighted by Crippen LogP contribution is 2.28. The quantitative estimate of drug-likeness (QED) is 0.871. The number of hydrogen-bond donors (Lipinski definition) is 2. The summed E-state index contributed by atoms with van der Waals surface area (Å²) in [4.78, 5) is 11.6. The molecule has 1 aromatic carbocycles. The molecular formula is C15H23ClN2O. The lowest BCUT2D eigenvalue weighted by Gasteiger charge is -2.21. The number of amides is 1. The summed E-state index contributed by atoms with van der Waals surface area (Å²) in [5, 5.41) is 3.13. The summed E-state index contributed by atoms with van der Waals surface area (Å²) in [5.41, 5.74) is 6.76. The molecule has 0 radical (unpaired) electrons. The number of benzene rings is 1. The highest BCUT2D eigenvalue weighted by atomic mass is 35.5. The third-order valence-corrected chi connectivity index (χ3v) is 3.72. The van der Waals surface area contributed by atoms with Gasteiger partial charge in [0.25, 0.3) is 0 Å². The van der Waals surface area contributed by atoms with Gasteiger partial charge in [0.05, 0.1) is 0 Å². The Morgan fingerprint density at radius 3 is 2.68 bits per heavy atom. The lowest BCUT2D eigenvalue weighted by atomic mass is 9.94. The van der Waals surface area contributed by atoms with Crippen LogP contribution in [0.3, 0.4) is 0 Å². The highest BCUT2D eigenvalue weighted by Gasteiger charge is 2.28. The van der Waals surface area contributed by atoms with E-state index < -0.39 is 0 Å². The van der Waals surface area contributed by atoms with Crippen molar-refractivity contribution < 1.29 is 4.79 Å². The Labute approximate surface area is 121 Å². The molecule has 1 saturated carbocycles. The third-order valence-electron chi connectivity index (χ3n) is 3.72. The molecule has 0 aromatic heterocycles. The topological polar surface area (TPSA) is 55.1 Å². The predicted octanol–water partition coefficient (Wildman–Crippen LogP) is 2.28. The summed E-state index contributed by atoms with van der Waals surface area (Å²) in [5.74, 6) is 0.677. The van der Waals surface area contributed by atoms with Gasteiger partial charge in [-0.25, -0.2) is 0 Å². The van der Waals surface area contributed by atoms with Crippen LogP contribution < -0.4 is 11.1 Å². The molecule has 106 valence electrons. The van der Waals surface area contributed by atoms with Crippen molar-refractivity contribution in [3.63, 3.8) is 0 Å². The van der Waals surface area contributed by atoms with Crippen LogP contribution in [0.25, 0.3) is 0 Å². The Morgan fingerprint density at radius 2 is 2.00 bits per heavy atom. The normalized spacial score (nSPS) is 21.7. The van der Waals surface area contributed by atoms with Gasteiger partial charge in [-0.3, -0.25) is 4.79 Å².